The number of aromatic nitrogens is 1. The van der Waals surface area contributed by atoms with Gasteiger partial charge in [0.2, 0.25) is 0 Å². The lowest BCUT2D eigenvalue weighted by Crippen LogP contribution is -2.43. The maximum Gasteiger partial charge on any atom is 0.0954 e. The zero-order valence-electron chi connectivity index (χ0n) is 11.4. The molecule has 1 atom stereocenters. The maximum absolute atomic E-state index is 6.05. The number of hydrogen-bond donors (Lipinski definition) is 2. The van der Waals surface area contributed by atoms with Gasteiger partial charge in [-0.2, -0.15) is 0 Å². The lowest BCUT2D eigenvalue weighted by molar-refractivity contribution is 0.0541. The molecule has 5 heteroatoms. The van der Waals surface area contributed by atoms with Crippen LogP contribution in [0.3, 0.4) is 0 Å². The molecule has 1 aromatic carbocycles. The summed E-state index contributed by atoms with van der Waals surface area (Å²) in [5, 5.41) is 4.55. The summed E-state index contributed by atoms with van der Waals surface area (Å²) in [4.78, 5) is 4.51. The highest BCUT2D eigenvalue weighted by molar-refractivity contribution is 9.10. The molecule has 20 heavy (non-hydrogen) atoms. The smallest absolute Gasteiger partial charge is 0.0954 e. The van der Waals surface area contributed by atoms with E-state index in [4.69, 9.17) is 10.5 Å². The zero-order chi connectivity index (χ0) is 14.2. The van der Waals surface area contributed by atoms with E-state index in [0.717, 1.165) is 52.8 Å². The molecule has 0 spiro atoms. The number of halogens is 1. The second kappa shape index (κ2) is 5.22. The summed E-state index contributed by atoms with van der Waals surface area (Å²) < 4.78 is 6.53. The summed E-state index contributed by atoms with van der Waals surface area (Å²) in [5.41, 5.74) is 8.65. The quantitative estimate of drug-likeness (QED) is 0.824. The second-order valence-electron chi connectivity index (χ2n) is 5.59. The average molecular weight is 336 g/mol. The van der Waals surface area contributed by atoms with Crippen LogP contribution >= 0.6 is 15.9 Å². The molecule has 106 valence electrons. The van der Waals surface area contributed by atoms with Crippen molar-refractivity contribution < 1.29 is 4.74 Å². The van der Waals surface area contributed by atoms with Crippen LogP contribution in [0.2, 0.25) is 0 Å². The number of nitrogen functional groups attached to an aromatic ring is 1. The number of benzene rings is 1. The number of nitrogens with two attached hydrogens (primary N) is 1. The van der Waals surface area contributed by atoms with Crippen LogP contribution in [-0.2, 0) is 4.74 Å². The molecule has 0 radical (unpaired) electrons. The van der Waals surface area contributed by atoms with Gasteiger partial charge in [0, 0.05) is 28.4 Å². The molecule has 3 rings (SSSR count). The van der Waals surface area contributed by atoms with Crippen LogP contribution in [-0.4, -0.2) is 23.7 Å². The van der Waals surface area contributed by atoms with Crippen molar-refractivity contribution in [3.63, 3.8) is 0 Å². The Morgan fingerprint density at radius 3 is 3.05 bits per heavy atom. The molecule has 1 saturated heterocycles. The van der Waals surface area contributed by atoms with Gasteiger partial charge in [0.05, 0.1) is 23.3 Å². The fraction of sp³-hybridized carbons (Fsp3) is 0.400. The van der Waals surface area contributed by atoms with Crippen molar-refractivity contribution in [3.05, 3.63) is 28.9 Å². The number of anilines is 2. The number of nitrogens with one attached hydrogen (secondary N) is 1. The minimum atomic E-state index is -0.0456. The van der Waals surface area contributed by atoms with E-state index in [1.54, 1.807) is 6.20 Å². The summed E-state index contributed by atoms with van der Waals surface area (Å²) in [7, 11) is 0. The Hall–Kier alpha value is -1.33. The van der Waals surface area contributed by atoms with Gasteiger partial charge >= 0.3 is 0 Å². The van der Waals surface area contributed by atoms with Crippen molar-refractivity contribution >= 4 is 38.2 Å². The van der Waals surface area contributed by atoms with Crippen LogP contribution in [0.25, 0.3) is 10.9 Å². The molecule has 1 aliphatic heterocycles. The Morgan fingerprint density at radius 2 is 2.30 bits per heavy atom. The van der Waals surface area contributed by atoms with Crippen LogP contribution in [0, 0.1) is 0 Å². The zero-order valence-corrected chi connectivity index (χ0v) is 13.0. The lowest BCUT2D eigenvalue weighted by Gasteiger charge is -2.35. The summed E-state index contributed by atoms with van der Waals surface area (Å²) in [6.45, 7) is 3.76. The molecule has 0 bridgehead atoms. The molecule has 0 saturated carbocycles. The van der Waals surface area contributed by atoms with Crippen molar-refractivity contribution in [3.8, 4) is 0 Å². The minimum Gasteiger partial charge on any atom is -0.398 e. The molecule has 2 aromatic rings. The van der Waals surface area contributed by atoms with E-state index in [2.05, 4.69) is 33.2 Å². The van der Waals surface area contributed by atoms with Crippen LogP contribution in [0.1, 0.15) is 19.8 Å². The second-order valence-corrected chi connectivity index (χ2v) is 6.51. The van der Waals surface area contributed by atoms with Crippen molar-refractivity contribution in [2.75, 3.05) is 24.3 Å². The molecule has 4 nitrogen and oxygen atoms in total. The molecule has 0 aliphatic carbocycles. The molecule has 1 unspecified atom stereocenters. The molecule has 2 heterocycles. The normalized spacial score (nSPS) is 22.9. The third-order valence-corrected chi connectivity index (χ3v) is 4.16. The molecular weight excluding hydrogens is 318 g/mol. The van der Waals surface area contributed by atoms with Gasteiger partial charge in [-0.3, -0.25) is 4.98 Å². The Morgan fingerprint density at radius 1 is 1.45 bits per heavy atom. The molecule has 3 N–H and O–H groups in total. The first kappa shape index (κ1) is 13.6. The highest BCUT2D eigenvalue weighted by Gasteiger charge is 2.28. The van der Waals surface area contributed by atoms with Crippen molar-refractivity contribution in [2.45, 2.75) is 25.3 Å². The molecule has 1 fully saturated rings. The topological polar surface area (TPSA) is 60.2 Å². The first-order valence-electron chi connectivity index (χ1n) is 6.77. The summed E-state index contributed by atoms with van der Waals surface area (Å²) in [5.74, 6) is 0. The molecule has 1 aromatic heterocycles. The summed E-state index contributed by atoms with van der Waals surface area (Å²) in [6, 6.07) is 5.92. The van der Waals surface area contributed by atoms with E-state index in [1.165, 1.54) is 0 Å². The van der Waals surface area contributed by atoms with Crippen molar-refractivity contribution in [1.82, 2.24) is 4.98 Å². The van der Waals surface area contributed by atoms with E-state index in [0.29, 0.717) is 0 Å². The van der Waals surface area contributed by atoms with Crippen LogP contribution in [0.4, 0.5) is 11.4 Å². The van der Waals surface area contributed by atoms with Crippen LogP contribution in [0.15, 0.2) is 28.9 Å². The fourth-order valence-electron chi connectivity index (χ4n) is 2.67. The molecule has 0 amide bonds. The third-order valence-electron chi connectivity index (χ3n) is 3.72. The van der Waals surface area contributed by atoms with Crippen LogP contribution in [0.5, 0.6) is 0 Å². The van der Waals surface area contributed by atoms with Gasteiger partial charge in [-0.25, -0.2) is 0 Å². The first-order chi connectivity index (χ1) is 9.57. The molecule has 1 aliphatic rings. The van der Waals surface area contributed by atoms with Gasteiger partial charge in [-0.05, 0) is 53.9 Å². The fourth-order valence-corrected chi connectivity index (χ4v) is 3.01. The number of hydrogen-bond acceptors (Lipinski definition) is 4. The summed E-state index contributed by atoms with van der Waals surface area (Å²) >= 11 is 3.44. The summed E-state index contributed by atoms with van der Waals surface area (Å²) in [6.07, 6.45) is 3.97. The minimum absolute atomic E-state index is 0.0456. The van der Waals surface area contributed by atoms with E-state index >= 15 is 0 Å². The average Bonchev–Trinajstić information content (AvgIpc) is 2.43. The van der Waals surface area contributed by atoms with Gasteiger partial charge in [0.1, 0.15) is 0 Å². The SMILES string of the molecule is CC1(Nc2ccc(N)c3cc(Br)cnc23)CCCOC1. The predicted octanol–water partition coefficient (Wildman–Crippen LogP) is 3.56. The number of rotatable bonds is 2. The van der Waals surface area contributed by atoms with Crippen LogP contribution < -0.4 is 11.1 Å². The van der Waals surface area contributed by atoms with Gasteiger partial charge < -0.3 is 15.8 Å². The van der Waals surface area contributed by atoms with Gasteiger partial charge in [0.15, 0.2) is 0 Å². The first-order valence-corrected chi connectivity index (χ1v) is 7.56. The van der Waals surface area contributed by atoms with Gasteiger partial charge in [-0.15, -0.1) is 0 Å². The Kier molecular flexibility index (Phi) is 3.56. The van der Waals surface area contributed by atoms with E-state index in [9.17, 15) is 0 Å². The van der Waals surface area contributed by atoms with Crippen molar-refractivity contribution in [2.24, 2.45) is 0 Å². The largest absolute Gasteiger partial charge is 0.398 e. The maximum atomic E-state index is 6.05. The van der Waals surface area contributed by atoms with E-state index in [1.807, 2.05) is 18.2 Å². The van der Waals surface area contributed by atoms with E-state index in [-0.39, 0.29) is 5.54 Å². The Labute approximate surface area is 126 Å². The third kappa shape index (κ3) is 2.60. The Bertz CT molecular complexity index is 638. The van der Waals surface area contributed by atoms with E-state index < -0.39 is 0 Å². The number of nitrogens with zero attached hydrogens (tertiary/aromatic N) is 1. The highest BCUT2D eigenvalue weighted by Crippen LogP contribution is 2.32. The number of pyridine rings is 1. The predicted molar refractivity (Wildman–Crippen MR) is 85.9 cm³/mol. The number of fused-ring (bicyclic) bond motifs is 1. The molecular formula is C15H18BrN3O. The Balaban J connectivity index is 2.01. The standard InChI is InChI=1S/C15H18BrN3O/c1-15(5-2-6-20-9-15)19-13-4-3-12(17)11-7-10(16)8-18-14(11)13/h3-4,7-8,19H,2,5-6,9,17H2,1H3. The lowest BCUT2D eigenvalue weighted by atomic mass is 9.94. The monoisotopic (exact) mass is 335 g/mol. The highest BCUT2D eigenvalue weighted by atomic mass is 79.9. The van der Waals surface area contributed by atoms with Gasteiger partial charge in [0.25, 0.3) is 0 Å². The van der Waals surface area contributed by atoms with Crippen molar-refractivity contribution in [1.29, 1.82) is 0 Å². The number of ether oxygens (including phenoxy) is 1. The van der Waals surface area contributed by atoms with Gasteiger partial charge in [-0.1, -0.05) is 0 Å².